The molecule has 64 heavy (non-hydrogen) atoms. The third kappa shape index (κ3) is 11.1. The second-order valence-electron chi connectivity index (χ2n) is 20.8. The van der Waals surface area contributed by atoms with Gasteiger partial charge in [0.15, 0.2) is 0 Å². The number of aryl methyl sites for hydroxylation is 4. The smallest absolute Gasteiger partial charge is 0.0546 e. The van der Waals surface area contributed by atoms with Crippen LogP contribution in [0.5, 0.6) is 0 Å². The molecule has 0 aliphatic heterocycles. The highest BCUT2D eigenvalue weighted by molar-refractivity contribution is 5.96. The monoisotopic (exact) mass is 846 g/mol. The van der Waals surface area contributed by atoms with Crippen LogP contribution in [-0.4, -0.2) is 0 Å². The van der Waals surface area contributed by atoms with E-state index in [-0.39, 0.29) is 10.8 Å². The Morgan fingerprint density at radius 1 is 0.516 bits per heavy atom. The summed E-state index contributed by atoms with van der Waals surface area (Å²) >= 11 is 0. The number of anilines is 3. The van der Waals surface area contributed by atoms with Crippen molar-refractivity contribution < 1.29 is 0 Å². The summed E-state index contributed by atoms with van der Waals surface area (Å²) in [4.78, 5) is 2.57. The molecule has 0 bridgehead atoms. The maximum absolute atomic E-state index is 3.94. The molecule has 0 fully saturated rings. The van der Waals surface area contributed by atoms with Crippen molar-refractivity contribution in [3.8, 4) is 11.1 Å². The average molecular weight is 846 g/mol. The van der Waals surface area contributed by atoms with Crippen LogP contribution in [0.1, 0.15) is 166 Å². The van der Waals surface area contributed by atoms with Crippen LogP contribution in [-0.2, 0) is 30.1 Å². The van der Waals surface area contributed by atoms with E-state index in [1.54, 1.807) is 11.1 Å². The molecule has 1 aliphatic carbocycles. The zero-order chi connectivity index (χ0) is 45.4. The Balaban J connectivity index is 1.29. The van der Waals surface area contributed by atoms with Gasteiger partial charge >= 0.3 is 0 Å². The molecular formula is C63H75N. The van der Waals surface area contributed by atoms with Gasteiger partial charge in [-0.15, -0.1) is 0 Å². The van der Waals surface area contributed by atoms with Crippen LogP contribution in [0.4, 0.5) is 17.1 Å². The summed E-state index contributed by atoms with van der Waals surface area (Å²) in [6, 6.07) is 46.4. The third-order valence-corrected chi connectivity index (χ3v) is 13.8. The second-order valence-corrected chi connectivity index (χ2v) is 20.8. The van der Waals surface area contributed by atoms with E-state index in [1.807, 2.05) is 12.2 Å². The Bertz CT molecular complexity index is 2440. The van der Waals surface area contributed by atoms with E-state index in [0.29, 0.717) is 5.92 Å². The number of benzene rings is 6. The summed E-state index contributed by atoms with van der Waals surface area (Å²) in [6.45, 7) is 26.7. The van der Waals surface area contributed by atoms with E-state index < -0.39 is 0 Å². The maximum Gasteiger partial charge on any atom is 0.0546 e. The number of hydrogen-bond acceptors (Lipinski definition) is 1. The van der Waals surface area contributed by atoms with Gasteiger partial charge in [0.1, 0.15) is 0 Å². The normalized spacial score (nSPS) is 13.4. The van der Waals surface area contributed by atoms with Gasteiger partial charge in [-0.1, -0.05) is 201 Å². The van der Waals surface area contributed by atoms with Gasteiger partial charge in [0.05, 0.1) is 5.69 Å². The number of fused-ring (bicyclic) bond motifs is 3. The van der Waals surface area contributed by atoms with Crippen molar-refractivity contribution in [1.82, 2.24) is 0 Å². The van der Waals surface area contributed by atoms with Crippen LogP contribution in [0.2, 0.25) is 0 Å². The molecule has 0 spiro atoms. The predicted molar refractivity (Wildman–Crippen MR) is 281 cm³/mol. The molecule has 0 radical (unpaired) electrons. The molecule has 0 N–H and O–H groups in total. The summed E-state index contributed by atoms with van der Waals surface area (Å²) in [5.41, 5.74) is 22.1. The standard InChI is InChI=1S/C63H75N/c1-11-47-29-33-49(34-30-47)21-17-13-15-19-23-54-57-43-51(62(5,6)7)37-42-55(57)61-59(64(52-38-25-45(3)26-39-52)53-40-27-46(4)28-41-53)44-58(63(8,9)10)56(60(54)61)24-20-16-14-18-22-50-35-31-48(12-2)32-36-50/h11-12,25-44,54H,1-2,13-24H2,3-10H3. The van der Waals surface area contributed by atoms with Gasteiger partial charge in [0, 0.05) is 22.9 Å². The van der Waals surface area contributed by atoms with Crippen molar-refractivity contribution >= 4 is 29.2 Å². The van der Waals surface area contributed by atoms with E-state index in [4.69, 9.17) is 0 Å². The van der Waals surface area contributed by atoms with Crippen LogP contribution < -0.4 is 4.90 Å². The van der Waals surface area contributed by atoms with Gasteiger partial charge in [-0.3, -0.25) is 0 Å². The summed E-state index contributed by atoms with van der Waals surface area (Å²) in [5.74, 6) is 0.353. The van der Waals surface area contributed by atoms with E-state index >= 15 is 0 Å². The van der Waals surface area contributed by atoms with Crippen molar-refractivity contribution in [1.29, 1.82) is 0 Å². The number of nitrogens with zero attached hydrogens (tertiary/aromatic N) is 1. The minimum Gasteiger partial charge on any atom is -0.310 e. The molecule has 0 aromatic heterocycles. The largest absolute Gasteiger partial charge is 0.310 e. The first kappa shape index (κ1) is 46.6. The lowest BCUT2D eigenvalue weighted by molar-refractivity contribution is 0.562. The van der Waals surface area contributed by atoms with E-state index in [1.165, 1.54) is 136 Å². The summed E-state index contributed by atoms with van der Waals surface area (Å²) in [6.07, 6.45) is 18.3. The topological polar surface area (TPSA) is 3.24 Å². The first-order valence-corrected chi connectivity index (χ1v) is 24.5. The van der Waals surface area contributed by atoms with Crippen LogP contribution in [0.3, 0.4) is 0 Å². The highest BCUT2D eigenvalue weighted by Crippen LogP contribution is 2.57. The van der Waals surface area contributed by atoms with Gasteiger partial charge in [-0.25, -0.2) is 0 Å². The van der Waals surface area contributed by atoms with E-state index in [2.05, 4.69) is 195 Å². The predicted octanol–water partition coefficient (Wildman–Crippen LogP) is 18.3. The minimum atomic E-state index is -0.0390. The zero-order valence-electron chi connectivity index (χ0n) is 40.6. The van der Waals surface area contributed by atoms with Crippen molar-refractivity contribution in [3.05, 3.63) is 196 Å². The van der Waals surface area contributed by atoms with E-state index in [9.17, 15) is 0 Å². The lowest BCUT2D eigenvalue weighted by atomic mass is 9.76. The average Bonchev–Trinajstić information content (AvgIpc) is 3.61. The second kappa shape index (κ2) is 20.6. The molecule has 1 atom stereocenters. The number of hydrogen-bond donors (Lipinski definition) is 0. The molecule has 1 unspecified atom stereocenters. The number of unbranched alkanes of at least 4 members (excludes halogenated alkanes) is 6. The number of rotatable bonds is 19. The lowest BCUT2D eigenvalue weighted by Crippen LogP contribution is -2.20. The van der Waals surface area contributed by atoms with Crippen LogP contribution >= 0.6 is 0 Å². The first-order chi connectivity index (χ1) is 30.7. The van der Waals surface area contributed by atoms with Gasteiger partial charge < -0.3 is 4.90 Å². The molecule has 1 aliphatic rings. The Hall–Kier alpha value is -5.40. The molecule has 1 heteroatoms. The Labute approximate surface area is 388 Å². The van der Waals surface area contributed by atoms with E-state index in [0.717, 1.165) is 19.3 Å². The van der Waals surface area contributed by atoms with Gasteiger partial charge in [-0.2, -0.15) is 0 Å². The summed E-state index contributed by atoms with van der Waals surface area (Å²) in [5, 5.41) is 0. The molecule has 0 saturated carbocycles. The molecular weight excluding hydrogens is 771 g/mol. The fraction of sp³-hybridized carbons (Fsp3) is 0.365. The fourth-order valence-corrected chi connectivity index (χ4v) is 9.98. The molecule has 7 rings (SSSR count). The van der Waals surface area contributed by atoms with Gasteiger partial charge in [0.25, 0.3) is 0 Å². The van der Waals surface area contributed by atoms with Crippen molar-refractivity contribution in [2.75, 3.05) is 4.90 Å². The Morgan fingerprint density at radius 2 is 1.00 bits per heavy atom. The molecule has 0 saturated heterocycles. The fourth-order valence-electron chi connectivity index (χ4n) is 9.98. The Morgan fingerprint density at radius 3 is 1.47 bits per heavy atom. The molecule has 0 amide bonds. The molecule has 6 aromatic carbocycles. The van der Waals surface area contributed by atoms with Crippen molar-refractivity contribution in [2.45, 2.75) is 149 Å². The third-order valence-electron chi connectivity index (χ3n) is 13.8. The minimum absolute atomic E-state index is 0.0390. The molecule has 6 aromatic rings. The van der Waals surface area contributed by atoms with Crippen molar-refractivity contribution in [2.24, 2.45) is 0 Å². The van der Waals surface area contributed by atoms with Crippen LogP contribution in [0, 0.1) is 13.8 Å². The SMILES string of the molecule is C=Cc1ccc(CCCCCCc2c(C(C)(C)C)cc(N(c3ccc(C)cc3)c3ccc(C)cc3)c3c2C(CCCCCCc2ccc(C=C)cc2)c2cc(C(C)(C)C)ccc2-3)cc1. The van der Waals surface area contributed by atoms with Crippen LogP contribution in [0.25, 0.3) is 23.3 Å². The van der Waals surface area contributed by atoms with Crippen LogP contribution in [0.15, 0.2) is 134 Å². The zero-order valence-corrected chi connectivity index (χ0v) is 40.6. The molecule has 332 valence electrons. The summed E-state index contributed by atoms with van der Waals surface area (Å²) in [7, 11) is 0. The summed E-state index contributed by atoms with van der Waals surface area (Å²) < 4.78 is 0. The van der Waals surface area contributed by atoms with Gasteiger partial charge in [0.2, 0.25) is 0 Å². The molecule has 1 nitrogen and oxygen atoms in total. The maximum atomic E-state index is 3.94. The Kier molecular flexibility index (Phi) is 15.0. The highest BCUT2D eigenvalue weighted by atomic mass is 15.1. The van der Waals surface area contributed by atoms with Crippen molar-refractivity contribution in [3.63, 3.8) is 0 Å². The molecule has 0 heterocycles. The quantitative estimate of drug-likeness (QED) is 0.0734. The highest BCUT2D eigenvalue weighted by Gasteiger charge is 2.38. The lowest BCUT2D eigenvalue weighted by Gasteiger charge is -2.33. The van der Waals surface area contributed by atoms with Gasteiger partial charge in [-0.05, 0) is 156 Å². The first-order valence-electron chi connectivity index (χ1n) is 24.5.